The quantitative estimate of drug-likeness (QED) is 0.666. The third kappa shape index (κ3) is 5.09. The molecule has 0 aromatic heterocycles. The van der Waals surface area contributed by atoms with Crippen molar-refractivity contribution in [2.24, 2.45) is 11.7 Å². The van der Waals surface area contributed by atoms with Crippen LogP contribution in [0.4, 0.5) is 0 Å². The van der Waals surface area contributed by atoms with Crippen LogP contribution in [0.15, 0.2) is 0 Å². The van der Waals surface area contributed by atoms with Gasteiger partial charge in [0.25, 0.3) is 0 Å². The topological polar surface area (TPSA) is 64.3 Å². The summed E-state index contributed by atoms with van der Waals surface area (Å²) in [5.74, 6) is -0.511. The van der Waals surface area contributed by atoms with E-state index in [1.54, 1.807) is 7.11 Å². The summed E-state index contributed by atoms with van der Waals surface area (Å²) in [5, 5.41) is 2.77. The predicted octanol–water partition coefficient (Wildman–Crippen LogP) is 0.840. The first-order valence-corrected chi connectivity index (χ1v) is 5.37. The van der Waals surface area contributed by atoms with Gasteiger partial charge in [0.05, 0.1) is 16.5 Å². The number of hydrogen-bond acceptors (Lipinski definition) is 3. The van der Waals surface area contributed by atoms with E-state index in [0.29, 0.717) is 13.0 Å². The Hall–Kier alpha value is -0.680. The predicted molar refractivity (Wildman–Crippen MR) is 64.7 cm³/mol. The van der Waals surface area contributed by atoms with E-state index in [2.05, 4.69) is 5.32 Å². The number of carbonyl (C=O) groups is 1. The molecular weight excluding hydrogens is 212 g/mol. The van der Waals surface area contributed by atoms with Crippen molar-refractivity contribution in [3.05, 3.63) is 0 Å². The second kappa shape index (κ2) is 6.02. The molecule has 0 aliphatic heterocycles. The Morgan fingerprint density at radius 1 is 1.60 bits per heavy atom. The lowest BCUT2D eigenvalue weighted by Gasteiger charge is -2.24. The normalized spacial score (nSPS) is 13.3. The molecule has 0 aliphatic carbocycles. The Labute approximate surface area is 96.5 Å². The molecule has 88 valence electrons. The van der Waals surface area contributed by atoms with Crippen molar-refractivity contribution in [2.45, 2.75) is 32.8 Å². The zero-order chi connectivity index (χ0) is 12.1. The molecule has 0 radical (unpaired) electrons. The summed E-state index contributed by atoms with van der Waals surface area (Å²) in [6, 6.07) is 0. The van der Waals surface area contributed by atoms with Gasteiger partial charge < -0.3 is 15.8 Å². The van der Waals surface area contributed by atoms with Gasteiger partial charge in [-0.3, -0.25) is 4.79 Å². The van der Waals surface area contributed by atoms with Gasteiger partial charge in [-0.1, -0.05) is 19.1 Å². The van der Waals surface area contributed by atoms with Crippen LogP contribution in [0.2, 0.25) is 0 Å². The average Bonchev–Trinajstić information content (AvgIpc) is 2.15. The summed E-state index contributed by atoms with van der Waals surface area (Å²) in [7, 11) is 1.61. The molecule has 0 aromatic carbocycles. The Balaban J connectivity index is 4.19. The van der Waals surface area contributed by atoms with Crippen LogP contribution < -0.4 is 11.1 Å². The van der Waals surface area contributed by atoms with Crippen LogP contribution in [0.25, 0.3) is 0 Å². The highest BCUT2D eigenvalue weighted by Gasteiger charge is 2.22. The zero-order valence-electron chi connectivity index (χ0n) is 9.79. The Morgan fingerprint density at radius 2 is 2.13 bits per heavy atom. The molecular formula is C10H20N2O2S. The van der Waals surface area contributed by atoms with Crippen molar-refractivity contribution < 1.29 is 9.53 Å². The molecule has 0 spiro atoms. The molecule has 5 heteroatoms. The summed E-state index contributed by atoms with van der Waals surface area (Å²) in [4.78, 5) is 11.9. The molecule has 0 saturated heterocycles. The molecule has 0 fully saturated rings. The Bertz CT molecular complexity index is 242. The van der Waals surface area contributed by atoms with Gasteiger partial charge in [0.15, 0.2) is 0 Å². The van der Waals surface area contributed by atoms with Gasteiger partial charge in [-0.2, -0.15) is 0 Å². The third-order valence-corrected chi connectivity index (χ3v) is 2.59. The van der Waals surface area contributed by atoms with E-state index in [9.17, 15) is 4.79 Å². The summed E-state index contributed by atoms with van der Waals surface area (Å²) in [6.07, 6.45) is 0.620. The molecule has 1 unspecified atom stereocenters. The van der Waals surface area contributed by atoms with E-state index in [-0.39, 0.29) is 22.4 Å². The molecule has 15 heavy (non-hydrogen) atoms. The number of thiocarbonyl (C=S) groups is 1. The van der Waals surface area contributed by atoms with Crippen molar-refractivity contribution in [2.75, 3.05) is 13.7 Å². The fourth-order valence-electron chi connectivity index (χ4n) is 1.01. The van der Waals surface area contributed by atoms with Crippen LogP contribution in [0.1, 0.15) is 27.2 Å². The van der Waals surface area contributed by atoms with Crippen molar-refractivity contribution in [1.82, 2.24) is 5.32 Å². The average molecular weight is 232 g/mol. The van der Waals surface area contributed by atoms with Gasteiger partial charge in [-0.25, -0.2) is 0 Å². The summed E-state index contributed by atoms with van der Waals surface area (Å²) < 4.78 is 5.18. The van der Waals surface area contributed by atoms with Gasteiger partial charge >= 0.3 is 0 Å². The number of hydrogen-bond donors (Lipinski definition) is 2. The van der Waals surface area contributed by atoms with Gasteiger partial charge in [0.2, 0.25) is 5.91 Å². The fourth-order valence-corrected chi connectivity index (χ4v) is 1.28. The second-order valence-corrected chi connectivity index (χ2v) is 4.52. The minimum atomic E-state index is -0.382. The summed E-state index contributed by atoms with van der Waals surface area (Å²) in [6.45, 7) is 6.12. The minimum absolute atomic E-state index is 0.130. The summed E-state index contributed by atoms with van der Waals surface area (Å²) in [5.41, 5.74) is 5.09. The lowest BCUT2D eigenvalue weighted by atomic mass is 10.0. The highest BCUT2D eigenvalue weighted by atomic mass is 32.1. The maximum atomic E-state index is 11.6. The molecule has 1 amide bonds. The third-order valence-electron chi connectivity index (χ3n) is 2.31. The van der Waals surface area contributed by atoms with Crippen LogP contribution in [-0.2, 0) is 9.53 Å². The molecule has 4 nitrogen and oxygen atoms in total. The minimum Gasteiger partial charge on any atom is -0.393 e. The number of nitrogens with two attached hydrogens (primary N) is 1. The number of amides is 1. The Morgan fingerprint density at radius 3 is 2.47 bits per heavy atom. The lowest BCUT2D eigenvalue weighted by Crippen LogP contribution is -2.44. The number of ether oxygens (including phenoxy) is 1. The maximum absolute atomic E-state index is 11.6. The van der Waals surface area contributed by atoms with Crippen molar-refractivity contribution >= 4 is 23.1 Å². The molecule has 0 saturated carbocycles. The van der Waals surface area contributed by atoms with Crippen molar-refractivity contribution in [3.63, 3.8) is 0 Å². The first kappa shape index (κ1) is 14.3. The van der Waals surface area contributed by atoms with Crippen molar-refractivity contribution in [3.8, 4) is 0 Å². The molecule has 0 aliphatic rings. The van der Waals surface area contributed by atoms with Crippen LogP contribution in [-0.4, -0.2) is 30.2 Å². The standard InChI is InChI=1S/C10H20N2O2S/c1-5-7(8(11)15)9(13)12-6-10(2,3)14-4/h7H,5-6H2,1-4H3,(H2,11,15)(H,12,13). The van der Waals surface area contributed by atoms with Crippen LogP contribution in [0.5, 0.6) is 0 Å². The van der Waals surface area contributed by atoms with Gasteiger partial charge in [0, 0.05) is 13.7 Å². The monoisotopic (exact) mass is 232 g/mol. The number of rotatable bonds is 6. The van der Waals surface area contributed by atoms with Gasteiger partial charge in [-0.15, -0.1) is 0 Å². The molecule has 0 heterocycles. The van der Waals surface area contributed by atoms with E-state index in [1.807, 2.05) is 20.8 Å². The SMILES string of the molecule is CCC(C(=O)NCC(C)(C)OC)C(N)=S. The van der Waals surface area contributed by atoms with Crippen LogP contribution in [0.3, 0.4) is 0 Å². The van der Waals surface area contributed by atoms with E-state index in [4.69, 9.17) is 22.7 Å². The fraction of sp³-hybridized carbons (Fsp3) is 0.800. The van der Waals surface area contributed by atoms with E-state index >= 15 is 0 Å². The largest absolute Gasteiger partial charge is 0.393 e. The van der Waals surface area contributed by atoms with E-state index in [0.717, 1.165) is 0 Å². The van der Waals surface area contributed by atoms with Gasteiger partial charge in [0.1, 0.15) is 0 Å². The Kier molecular flexibility index (Phi) is 5.75. The smallest absolute Gasteiger partial charge is 0.230 e. The second-order valence-electron chi connectivity index (χ2n) is 4.04. The lowest BCUT2D eigenvalue weighted by molar-refractivity contribution is -0.124. The van der Waals surface area contributed by atoms with Crippen molar-refractivity contribution in [1.29, 1.82) is 0 Å². The molecule has 1 atom stereocenters. The van der Waals surface area contributed by atoms with E-state index in [1.165, 1.54) is 0 Å². The highest BCUT2D eigenvalue weighted by molar-refractivity contribution is 7.80. The maximum Gasteiger partial charge on any atom is 0.230 e. The molecule has 3 N–H and O–H groups in total. The van der Waals surface area contributed by atoms with Crippen LogP contribution in [0, 0.1) is 5.92 Å². The van der Waals surface area contributed by atoms with Crippen LogP contribution >= 0.6 is 12.2 Å². The van der Waals surface area contributed by atoms with Gasteiger partial charge in [-0.05, 0) is 20.3 Å². The summed E-state index contributed by atoms with van der Waals surface area (Å²) >= 11 is 4.81. The molecule has 0 aromatic rings. The highest BCUT2D eigenvalue weighted by Crippen LogP contribution is 2.07. The number of methoxy groups -OCH3 is 1. The molecule has 0 rings (SSSR count). The number of carbonyl (C=O) groups excluding carboxylic acids is 1. The van der Waals surface area contributed by atoms with E-state index < -0.39 is 0 Å². The first-order chi connectivity index (χ1) is 6.84. The first-order valence-electron chi connectivity index (χ1n) is 4.96. The zero-order valence-corrected chi connectivity index (χ0v) is 10.6. The number of nitrogens with one attached hydrogen (secondary N) is 1. The molecule has 0 bridgehead atoms.